The fourth-order valence-corrected chi connectivity index (χ4v) is 3.43. The van der Waals surface area contributed by atoms with Crippen molar-refractivity contribution >= 4 is 17.5 Å². The third-order valence-electron chi connectivity index (χ3n) is 4.34. The number of nitrogens with two attached hydrogens (primary N) is 1. The van der Waals surface area contributed by atoms with Crippen LogP contribution in [0.1, 0.15) is 25.8 Å². The van der Waals surface area contributed by atoms with Gasteiger partial charge >= 0.3 is 0 Å². The largest absolute Gasteiger partial charge is 0.371 e. The minimum Gasteiger partial charge on any atom is -0.371 e. The summed E-state index contributed by atoms with van der Waals surface area (Å²) < 4.78 is 5.85. The molecule has 124 valence electrons. The van der Waals surface area contributed by atoms with Gasteiger partial charge in [-0.3, -0.25) is 0 Å². The first-order valence-corrected chi connectivity index (χ1v) is 8.22. The van der Waals surface area contributed by atoms with Crippen LogP contribution >= 0.6 is 0 Å². The van der Waals surface area contributed by atoms with Crippen molar-refractivity contribution in [2.75, 3.05) is 6.67 Å². The summed E-state index contributed by atoms with van der Waals surface area (Å²) in [6, 6.07) is 10.1. The number of benzene rings is 1. The van der Waals surface area contributed by atoms with Crippen LogP contribution in [-0.4, -0.2) is 35.7 Å². The van der Waals surface area contributed by atoms with Gasteiger partial charge in [-0.15, -0.1) is 0 Å². The molecule has 24 heavy (non-hydrogen) atoms. The lowest BCUT2D eigenvalue weighted by molar-refractivity contribution is 0.0251. The molecule has 1 aromatic carbocycles. The van der Waals surface area contributed by atoms with Crippen LogP contribution in [0.4, 0.5) is 0 Å². The van der Waals surface area contributed by atoms with E-state index in [1.165, 1.54) is 5.57 Å². The zero-order valence-corrected chi connectivity index (χ0v) is 13.9. The van der Waals surface area contributed by atoms with E-state index in [0.717, 1.165) is 29.1 Å². The maximum Gasteiger partial charge on any atom is 0.217 e. The molecule has 2 atom stereocenters. The third-order valence-corrected chi connectivity index (χ3v) is 4.34. The number of guanidine groups is 1. The number of hydrazine groups is 1. The highest BCUT2D eigenvalue weighted by Gasteiger charge is 2.34. The molecular weight excluding hydrogens is 302 g/mol. The van der Waals surface area contributed by atoms with Gasteiger partial charge in [-0.05, 0) is 25.8 Å². The van der Waals surface area contributed by atoms with E-state index in [9.17, 15) is 0 Å². The second-order valence-corrected chi connectivity index (χ2v) is 6.24. The molecule has 4 rings (SSSR count). The van der Waals surface area contributed by atoms with Crippen molar-refractivity contribution in [3.05, 3.63) is 53.1 Å². The highest BCUT2D eigenvalue weighted by atomic mass is 16.5. The van der Waals surface area contributed by atoms with Gasteiger partial charge in [-0.1, -0.05) is 36.4 Å². The van der Waals surface area contributed by atoms with E-state index in [2.05, 4.69) is 47.5 Å². The molecule has 0 spiro atoms. The average molecular weight is 323 g/mol. The quantitative estimate of drug-likeness (QED) is 0.873. The van der Waals surface area contributed by atoms with Crippen LogP contribution in [-0.2, 0) is 4.74 Å². The first-order valence-electron chi connectivity index (χ1n) is 8.22. The fraction of sp³-hybridized carbons (Fsp3) is 0.333. The Labute approximate surface area is 141 Å². The molecule has 3 N–H and O–H groups in total. The van der Waals surface area contributed by atoms with Crippen LogP contribution in [0, 0.1) is 0 Å². The van der Waals surface area contributed by atoms with E-state index in [4.69, 9.17) is 10.5 Å². The molecule has 0 bridgehead atoms. The first-order chi connectivity index (χ1) is 11.6. The zero-order chi connectivity index (χ0) is 16.7. The van der Waals surface area contributed by atoms with Crippen LogP contribution in [0.2, 0.25) is 0 Å². The summed E-state index contributed by atoms with van der Waals surface area (Å²) in [5.74, 6) is 1.26. The van der Waals surface area contributed by atoms with Crippen molar-refractivity contribution < 1.29 is 4.74 Å². The predicted molar refractivity (Wildman–Crippen MR) is 95.0 cm³/mol. The molecular formula is C18H21N5O. The SMILES string of the molecule is CC1C=C(C2=C(c3ccccc3)N=C(N)N3NCN=C23)CC(C)O1. The monoisotopic (exact) mass is 323 g/mol. The van der Waals surface area contributed by atoms with Crippen molar-refractivity contribution in [3.63, 3.8) is 0 Å². The molecule has 3 aliphatic rings. The Morgan fingerprint density at radius 3 is 2.79 bits per heavy atom. The number of hydrogen-bond donors (Lipinski definition) is 2. The van der Waals surface area contributed by atoms with Gasteiger partial charge in [-0.25, -0.2) is 20.4 Å². The number of rotatable bonds is 2. The van der Waals surface area contributed by atoms with E-state index in [1.807, 2.05) is 18.2 Å². The molecule has 3 aliphatic heterocycles. The highest BCUT2D eigenvalue weighted by Crippen LogP contribution is 2.35. The Morgan fingerprint density at radius 2 is 2.04 bits per heavy atom. The summed E-state index contributed by atoms with van der Waals surface area (Å²) in [5.41, 5.74) is 13.5. The standard InChI is InChI=1S/C18H21N5O/c1-11-8-14(9-12(2)24-11)15-16(13-6-4-3-5-7-13)22-18(19)23-17(15)20-10-21-23/h3-8,11-12,21H,9-10H2,1-2H3,(H2,19,22). The second-order valence-electron chi connectivity index (χ2n) is 6.24. The summed E-state index contributed by atoms with van der Waals surface area (Å²) in [7, 11) is 0. The molecule has 0 fully saturated rings. The fourth-order valence-electron chi connectivity index (χ4n) is 3.43. The molecule has 3 heterocycles. The smallest absolute Gasteiger partial charge is 0.217 e. The molecule has 6 nitrogen and oxygen atoms in total. The average Bonchev–Trinajstić information content (AvgIpc) is 3.04. The van der Waals surface area contributed by atoms with Crippen molar-refractivity contribution in [3.8, 4) is 0 Å². The molecule has 0 aromatic heterocycles. The maximum atomic E-state index is 6.15. The van der Waals surface area contributed by atoms with Crippen molar-refractivity contribution in [1.82, 2.24) is 10.4 Å². The van der Waals surface area contributed by atoms with Gasteiger partial charge in [0.1, 0.15) is 6.67 Å². The molecule has 0 aliphatic carbocycles. The Kier molecular flexibility index (Phi) is 3.70. The van der Waals surface area contributed by atoms with E-state index >= 15 is 0 Å². The molecule has 1 aromatic rings. The van der Waals surface area contributed by atoms with Crippen molar-refractivity contribution in [2.24, 2.45) is 15.7 Å². The van der Waals surface area contributed by atoms with Gasteiger partial charge in [0.2, 0.25) is 5.96 Å². The van der Waals surface area contributed by atoms with E-state index < -0.39 is 0 Å². The summed E-state index contributed by atoms with van der Waals surface area (Å²) in [6.07, 6.45) is 3.23. The predicted octanol–water partition coefficient (Wildman–Crippen LogP) is 2.03. The zero-order valence-electron chi connectivity index (χ0n) is 13.9. The lowest BCUT2D eigenvalue weighted by Gasteiger charge is -2.31. The summed E-state index contributed by atoms with van der Waals surface area (Å²) in [4.78, 5) is 9.30. The first kappa shape index (κ1) is 15.1. The number of fused-ring (bicyclic) bond motifs is 1. The van der Waals surface area contributed by atoms with Crippen LogP contribution < -0.4 is 11.2 Å². The highest BCUT2D eigenvalue weighted by molar-refractivity contribution is 6.18. The van der Waals surface area contributed by atoms with Crippen LogP contribution in [0.5, 0.6) is 0 Å². The Hall–Kier alpha value is -2.44. The van der Waals surface area contributed by atoms with Crippen molar-refractivity contribution in [2.45, 2.75) is 32.5 Å². The van der Waals surface area contributed by atoms with Gasteiger partial charge in [0.25, 0.3) is 0 Å². The van der Waals surface area contributed by atoms with E-state index in [-0.39, 0.29) is 12.2 Å². The maximum absolute atomic E-state index is 6.15. The number of amidine groups is 1. The van der Waals surface area contributed by atoms with Crippen LogP contribution in [0.15, 0.2) is 57.5 Å². The Bertz CT molecular complexity index is 778. The molecule has 0 saturated carbocycles. The third kappa shape index (κ3) is 2.53. The molecule has 0 amide bonds. The van der Waals surface area contributed by atoms with Crippen molar-refractivity contribution in [1.29, 1.82) is 0 Å². The summed E-state index contributed by atoms with van der Waals surface area (Å²) in [6.45, 7) is 4.66. The Balaban J connectivity index is 1.92. The number of ether oxygens (including phenoxy) is 1. The summed E-state index contributed by atoms with van der Waals surface area (Å²) in [5, 5.41) is 1.77. The van der Waals surface area contributed by atoms with E-state index in [1.54, 1.807) is 5.01 Å². The normalized spacial score (nSPS) is 26.8. The molecule has 2 unspecified atom stereocenters. The van der Waals surface area contributed by atoms with Gasteiger partial charge < -0.3 is 10.5 Å². The van der Waals surface area contributed by atoms with Gasteiger partial charge in [0, 0.05) is 11.1 Å². The number of nitrogens with one attached hydrogen (secondary N) is 1. The van der Waals surface area contributed by atoms with Gasteiger partial charge in [-0.2, -0.15) is 0 Å². The number of aliphatic imine (C=N–C) groups is 2. The minimum absolute atomic E-state index is 0.0694. The molecule has 0 saturated heterocycles. The number of nitrogens with zero attached hydrogens (tertiary/aromatic N) is 3. The lowest BCUT2D eigenvalue weighted by Crippen LogP contribution is -2.49. The summed E-state index contributed by atoms with van der Waals surface area (Å²) >= 11 is 0. The number of hydrogen-bond acceptors (Lipinski definition) is 6. The van der Waals surface area contributed by atoms with E-state index in [0.29, 0.717) is 12.6 Å². The van der Waals surface area contributed by atoms with Crippen LogP contribution in [0.25, 0.3) is 5.70 Å². The Morgan fingerprint density at radius 1 is 1.25 bits per heavy atom. The lowest BCUT2D eigenvalue weighted by atomic mass is 9.91. The van der Waals surface area contributed by atoms with Gasteiger partial charge in [0.15, 0.2) is 5.84 Å². The second kappa shape index (κ2) is 5.89. The van der Waals surface area contributed by atoms with Gasteiger partial charge in [0.05, 0.1) is 17.9 Å². The van der Waals surface area contributed by atoms with Crippen LogP contribution in [0.3, 0.4) is 0 Å². The molecule has 6 heteroatoms. The topological polar surface area (TPSA) is 75.2 Å². The minimum atomic E-state index is 0.0694. The molecule has 0 radical (unpaired) electrons.